The Hall–Kier alpha value is -1.83. The molecule has 2 rings (SSSR count). The first kappa shape index (κ1) is 11.6. The molecule has 8 heteroatoms. The van der Waals surface area contributed by atoms with Crippen molar-refractivity contribution in [1.82, 2.24) is 19.7 Å². The molecule has 17 heavy (non-hydrogen) atoms. The predicted octanol–water partition coefficient (Wildman–Crippen LogP) is -0.0783. The van der Waals surface area contributed by atoms with Crippen molar-refractivity contribution in [2.45, 2.75) is 5.03 Å². The van der Waals surface area contributed by atoms with Crippen LogP contribution in [-0.4, -0.2) is 38.6 Å². The fourth-order valence-corrected chi connectivity index (χ4v) is 2.09. The van der Waals surface area contributed by atoms with Crippen molar-refractivity contribution in [2.24, 2.45) is 7.05 Å². The fourth-order valence-electron chi connectivity index (χ4n) is 1.31. The van der Waals surface area contributed by atoms with E-state index >= 15 is 0 Å². The van der Waals surface area contributed by atoms with Gasteiger partial charge in [0.1, 0.15) is 16.9 Å². The summed E-state index contributed by atoms with van der Waals surface area (Å²) in [6.45, 7) is 0. The Morgan fingerprint density at radius 2 is 2.35 bits per heavy atom. The normalized spacial score (nSPS) is 10.7. The van der Waals surface area contributed by atoms with Gasteiger partial charge in [0, 0.05) is 7.05 Å². The minimum absolute atomic E-state index is 0.138. The van der Waals surface area contributed by atoms with E-state index in [2.05, 4.69) is 19.8 Å². The summed E-state index contributed by atoms with van der Waals surface area (Å²) in [5.74, 6) is -0.209. The molecule has 0 saturated heterocycles. The van der Waals surface area contributed by atoms with Crippen LogP contribution in [0.25, 0.3) is 11.0 Å². The summed E-state index contributed by atoms with van der Waals surface area (Å²) >= 11 is 1.20. The molecule has 0 spiro atoms. The summed E-state index contributed by atoms with van der Waals surface area (Å²) in [6, 6.07) is 0. The highest BCUT2D eigenvalue weighted by Crippen LogP contribution is 2.20. The van der Waals surface area contributed by atoms with Crippen LogP contribution in [0.4, 0.5) is 0 Å². The van der Waals surface area contributed by atoms with E-state index < -0.39 is 0 Å². The van der Waals surface area contributed by atoms with Crippen molar-refractivity contribution in [2.75, 3.05) is 12.9 Å². The number of thioether (sulfide) groups is 1. The van der Waals surface area contributed by atoms with Gasteiger partial charge in [-0.15, -0.1) is 0 Å². The van der Waals surface area contributed by atoms with E-state index in [1.807, 2.05) is 0 Å². The average Bonchev–Trinajstić information content (AvgIpc) is 2.63. The number of ether oxygens (including phenoxy) is 1. The van der Waals surface area contributed by atoms with Crippen molar-refractivity contribution in [3.8, 4) is 0 Å². The molecule has 0 saturated carbocycles. The Morgan fingerprint density at radius 3 is 3.06 bits per heavy atom. The number of H-pyrrole nitrogens is 1. The molecule has 0 aliphatic heterocycles. The topological polar surface area (TPSA) is 89.9 Å². The molecule has 0 unspecified atom stereocenters. The second kappa shape index (κ2) is 4.58. The Kier molecular flexibility index (Phi) is 3.14. The lowest BCUT2D eigenvalue weighted by molar-refractivity contribution is -0.137. The van der Waals surface area contributed by atoms with Crippen LogP contribution in [0.15, 0.2) is 16.1 Å². The summed E-state index contributed by atoms with van der Waals surface area (Å²) in [5, 5.41) is 3.40. The maximum absolute atomic E-state index is 11.6. The number of hydrogen-bond acceptors (Lipinski definition) is 6. The van der Waals surface area contributed by atoms with Crippen LogP contribution in [0, 0.1) is 0 Å². The van der Waals surface area contributed by atoms with Gasteiger partial charge in [-0.2, -0.15) is 0 Å². The summed E-state index contributed by atoms with van der Waals surface area (Å²) in [6.07, 6.45) is 1.30. The van der Waals surface area contributed by atoms with Crippen molar-refractivity contribution in [3.05, 3.63) is 16.7 Å². The van der Waals surface area contributed by atoms with Gasteiger partial charge in [0.2, 0.25) is 0 Å². The number of nitrogens with one attached hydrogen (secondary N) is 1. The van der Waals surface area contributed by atoms with Crippen LogP contribution in [0.3, 0.4) is 0 Å². The molecular formula is C9H10N4O3S. The minimum atomic E-state index is -0.347. The zero-order valence-electron chi connectivity index (χ0n) is 9.26. The Labute approximate surface area is 100 Å². The van der Waals surface area contributed by atoms with Gasteiger partial charge >= 0.3 is 5.97 Å². The summed E-state index contributed by atoms with van der Waals surface area (Å²) in [5.41, 5.74) is 0.631. The van der Waals surface area contributed by atoms with E-state index in [-0.39, 0.29) is 17.3 Å². The lowest BCUT2D eigenvalue weighted by Gasteiger charge is -1.99. The van der Waals surface area contributed by atoms with E-state index in [0.29, 0.717) is 16.1 Å². The highest BCUT2D eigenvalue weighted by atomic mass is 32.2. The summed E-state index contributed by atoms with van der Waals surface area (Å²) < 4.78 is 5.85. The molecular weight excluding hydrogens is 244 g/mol. The lowest BCUT2D eigenvalue weighted by Crippen LogP contribution is -2.11. The second-order valence-electron chi connectivity index (χ2n) is 3.24. The molecule has 0 atom stereocenters. The number of fused-ring (bicyclic) bond motifs is 1. The Bertz CT molecular complexity index is 618. The van der Waals surface area contributed by atoms with Crippen molar-refractivity contribution >= 4 is 28.8 Å². The Morgan fingerprint density at radius 1 is 1.59 bits per heavy atom. The van der Waals surface area contributed by atoms with Crippen molar-refractivity contribution < 1.29 is 9.53 Å². The number of aryl methyl sites for hydroxylation is 1. The number of esters is 1. The maximum Gasteiger partial charge on any atom is 0.316 e. The third-order valence-electron chi connectivity index (χ3n) is 2.15. The SMILES string of the molecule is COC(=O)CSc1ncnc2c(=O)n(C)[nH]c12. The van der Waals surface area contributed by atoms with Crippen LogP contribution in [0.1, 0.15) is 0 Å². The highest BCUT2D eigenvalue weighted by Gasteiger charge is 2.12. The zero-order chi connectivity index (χ0) is 12.4. The van der Waals surface area contributed by atoms with Crippen LogP contribution in [0.5, 0.6) is 0 Å². The fraction of sp³-hybridized carbons (Fsp3) is 0.333. The molecule has 0 fully saturated rings. The molecule has 0 radical (unpaired) electrons. The van der Waals surface area contributed by atoms with Gasteiger partial charge in [0.05, 0.1) is 12.9 Å². The standard InChI is InChI=1S/C9H10N4O3S/c1-13-9(15)7-6(12-13)8(11-4-10-7)17-3-5(14)16-2/h4,12H,3H2,1-2H3. The first-order chi connectivity index (χ1) is 8.13. The molecule has 2 aromatic rings. The smallest absolute Gasteiger partial charge is 0.316 e. The van der Waals surface area contributed by atoms with Gasteiger partial charge in [-0.3, -0.25) is 19.4 Å². The van der Waals surface area contributed by atoms with Gasteiger partial charge in [-0.25, -0.2) is 9.97 Å². The molecule has 0 aliphatic carbocycles. The molecule has 0 bridgehead atoms. The molecule has 90 valence electrons. The molecule has 0 aliphatic rings. The van der Waals surface area contributed by atoms with Gasteiger partial charge in [-0.05, 0) is 0 Å². The van der Waals surface area contributed by atoms with E-state index in [1.54, 1.807) is 7.05 Å². The first-order valence-corrected chi connectivity index (χ1v) is 5.71. The number of rotatable bonds is 3. The van der Waals surface area contributed by atoms with E-state index in [4.69, 9.17) is 0 Å². The van der Waals surface area contributed by atoms with Crippen LogP contribution in [0.2, 0.25) is 0 Å². The summed E-state index contributed by atoms with van der Waals surface area (Å²) in [4.78, 5) is 30.6. The molecule has 0 aromatic carbocycles. The van der Waals surface area contributed by atoms with E-state index in [9.17, 15) is 9.59 Å². The number of methoxy groups -OCH3 is 1. The number of aromatic nitrogens is 4. The molecule has 1 N–H and O–H groups in total. The van der Waals surface area contributed by atoms with Crippen molar-refractivity contribution in [1.29, 1.82) is 0 Å². The summed E-state index contributed by atoms with van der Waals surface area (Å²) in [7, 11) is 2.92. The highest BCUT2D eigenvalue weighted by molar-refractivity contribution is 8.00. The van der Waals surface area contributed by atoms with Gasteiger partial charge in [0.25, 0.3) is 5.56 Å². The van der Waals surface area contributed by atoms with Crippen molar-refractivity contribution in [3.63, 3.8) is 0 Å². The van der Waals surface area contributed by atoms with Crippen LogP contribution >= 0.6 is 11.8 Å². The zero-order valence-corrected chi connectivity index (χ0v) is 10.1. The van der Waals surface area contributed by atoms with E-state index in [1.165, 1.54) is 29.9 Å². The first-order valence-electron chi connectivity index (χ1n) is 4.73. The number of hydrogen-bond donors (Lipinski definition) is 1. The third-order valence-corrected chi connectivity index (χ3v) is 3.12. The lowest BCUT2D eigenvalue weighted by atomic mass is 10.5. The number of nitrogens with zero attached hydrogens (tertiary/aromatic N) is 3. The third kappa shape index (κ3) is 2.16. The average molecular weight is 254 g/mol. The quantitative estimate of drug-likeness (QED) is 0.468. The monoisotopic (exact) mass is 254 g/mol. The van der Waals surface area contributed by atoms with Gasteiger partial charge < -0.3 is 4.74 Å². The van der Waals surface area contributed by atoms with Crippen LogP contribution < -0.4 is 5.56 Å². The maximum atomic E-state index is 11.6. The minimum Gasteiger partial charge on any atom is -0.468 e. The molecule has 2 aromatic heterocycles. The molecule has 7 nitrogen and oxygen atoms in total. The molecule has 2 heterocycles. The predicted molar refractivity (Wildman–Crippen MR) is 61.9 cm³/mol. The number of aromatic amines is 1. The number of carbonyl (C=O) groups excluding carboxylic acids is 1. The Balaban J connectivity index is 2.38. The second-order valence-corrected chi connectivity index (χ2v) is 4.21. The van der Waals surface area contributed by atoms with E-state index in [0.717, 1.165) is 0 Å². The van der Waals surface area contributed by atoms with Crippen LogP contribution in [-0.2, 0) is 16.6 Å². The molecule has 0 amide bonds. The van der Waals surface area contributed by atoms with Gasteiger partial charge in [0.15, 0.2) is 5.52 Å². The largest absolute Gasteiger partial charge is 0.468 e. The van der Waals surface area contributed by atoms with Gasteiger partial charge in [-0.1, -0.05) is 11.8 Å². The number of carbonyl (C=O) groups is 1.